The molecule has 3 nitrogen and oxygen atoms in total. The van der Waals surface area contributed by atoms with Crippen molar-refractivity contribution in [1.82, 2.24) is 4.98 Å². The van der Waals surface area contributed by atoms with Crippen LogP contribution in [0.15, 0.2) is 29.1 Å². The van der Waals surface area contributed by atoms with Crippen LogP contribution in [-0.2, 0) is 0 Å². The average molecular weight is 221 g/mol. The average Bonchev–Trinajstić information content (AvgIpc) is 2.58. The molecule has 1 heterocycles. The molecule has 0 aliphatic rings. The molecule has 0 radical (unpaired) electrons. The normalized spacial score (nSPS) is 10.3. The summed E-state index contributed by atoms with van der Waals surface area (Å²) in [7, 11) is 1.63. The molecule has 0 bridgehead atoms. The van der Waals surface area contributed by atoms with E-state index in [-0.39, 0.29) is 4.87 Å². The lowest BCUT2D eigenvalue weighted by atomic mass is 10.1. The molecule has 15 heavy (non-hydrogen) atoms. The Bertz CT molecular complexity index is 510. The van der Waals surface area contributed by atoms with Crippen molar-refractivity contribution in [3.05, 3.63) is 38.8 Å². The summed E-state index contributed by atoms with van der Waals surface area (Å²) in [5.74, 6) is 0.814. The van der Waals surface area contributed by atoms with E-state index in [0.29, 0.717) is 0 Å². The van der Waals surface area contributed by atoms with Gasteiger partial charge < -0.3 is 9.72 Å². The number of ether oxygens (including phenoxy) is 1. The lowest BCUT2D eigenvalue weighted by Crippen LogP contribution is -1.92. The molecule has 1 aromatic carbocycles. The van der Waals surface area contributed by atoms with Crippen LogP contribution < -0.4 is 9.61 Å². The zero-order chi connectivity index (χ0) is 10.8. The number of methoxy groups -OCH3 is 1. The highest BCUT2D eigenvalue weighted by molar-refractivity contribution is 7.09. The summed E-state index contributed by atoms with van der Waals surface area (Å²) < 4.78 is 5.07. The van der Waals surface area contributed by atoms with Gasteiger partial charge in [0, 0.05) is 4.88 Å². The second-order valence-corrected chi connectivity index (χ2v) is 4.36. The predicted octanol–water partition coefficient (Wildman–Crippen LogP) is 2.42. The van der Waals surface area contributed by atoms with E-state index in [1.807, 2.05) is 31.2 Å². The van der Waals surface area contributed by atoms with Gasteiger partial charge in [0.15, 0.2) is 0 Å². The molecular weight excluding hydrogens is 210 g/mol. The van der Waals surface area contributed by atoms with Gasteiger partial charge in [-0.25, -0.2) is 0 Å². The van der Waals surface area contributed by atoms with Crippen LogP contribution in [0.5, 0.6) is 5.75 Å². The molecule has 2 aromatic rings. The molecule has 0 saturated carbocycles. The number of thiazole rings is 1. The Morgan fingerprint density at radius 3 is 2.40 bits per heavy atom. The van der Waals surface area contributed by atoms with Gasteiger partial charge in [-0.05, 0) is 36.8 Å². The molecule has 0 aliphatic heterocycles. The fourth-order valence-electron chi connectivity index (χ4n) is 1.44. The van der Waals surface area contributed by atoms with E-state index >= 15 is 0 Å². The number of hydrogen-bond donors (Lipinski definition) is 1. The molecular formula is C11H11NO2S. The Hall–Kier alpha value is -1.55. The zero-order valence-corrected chi connectivity index (χ0v) is 9.35. The van der Waals surface area contributed by atoms with E-state index in [1.54, 1.807) is 7.11 Å². The topological polar surface area (TPSA) is 42.1 Å². The van der Waals surface area contributed by atoms with Gasteiger partial charge in [0.25, 0.3) is 0 Å². The number of aromatic amines is 1. The summed E-state index contributed by atoms with van der Waals surface area (Å²) in [6, 6.07) is 7.63. The number of nitrogens with one attached hydrogen (secondary N) is 1. The van der Waals surface area contributed by atoms with Gasteiger partial charge >= 0.3 is 4.87 Å². The molecule has 0 unspecified atom stereocenters. The second kappa shape index (κ2) is 3.90. The summed E-state index contributed by atoms with van der Waals surface area (Å²) in [6.07, 6.45) is 0. The molecule has 1 aromatic heterocycles. The zero-order valence-electron chi connectivity index (χ0n) is 8.53. The summed E-state index contributed by atoms with van der Waals surface area (Å²) in [6.45, 7) is 1.93. The Labute approximate surface area is 91.4 Å². The van der Waals surface area contributed by atoms with Gasteiger partial charge in [-0.15, -0.1) is 0 Å². The van der Waals surface area contributed by atoms with Crippen molar-refractivity contribution in [2.75, 3.05) is 7.11 Å². The number of aromatic nitrogens is 1. The molecule has 1 N–H and O–H groups in total. The number of rotatable bonds is 2. The maximum atomic E-state index is 11.1. The van der Waals surface area contributed by atoms with Gasteiger partial charge in [0.1, 0.15) is 5.75 Å². The van der Waals surface area contributed by atoms with Crippen LogP contribution in [0.2, 0.25) is 0 Å². The number of hydrogen-bond acceptors (Lipinski definition) is 3. The van der Waals surface area contributed by atoms with Crippen molar-refractivity contribution in [3.8, 4) is 17.0 Å². The molecule has 0 aliphatic carbocycles. The molecule has 0 fully saturated rings. The molecule has 0 spiro atoms. The van der Waals surface area contributed by atoms with Crippen LogP contribution in [0, 0.1) is 6.92 Å². The van der Waals surface area contributed by atoms with E-state index in [0.717, 1.165) is 21.9 Å². The lowest BCUT2D eigenvalue weighted by Gasteiger charge is -2.02. The van der Waals surface area contributed by atoms with Gasteiger partial charge in [0.2, 0.25) is 0 Å². The number of benzene rings is 1. The summed E-state index contributed by atoms with van der Waals surface area (Å²) in [5.41, 5.74) is 1.90. The fourth-order valence-corrected chi connectivity index (χ4v) is 2.14. The highest BCUT2D eigenvalue weighted by Gasteiger charge is 2.05. The van der Waals surface area contributed by atoms with Crippen molar-refractivity contribution >= 4 is 11.3 Å². The van der Waals surface area contributed by atoms with Crippen LogP contribution in [-0.4, -0.2) is 12.1 Å². The van der Waals surface area contributed by atoms with Crippen LogP contribution >= 0.6 is 11.3 Å². The molecule has 2 rings (SSSR count). The second-order valence-electron chi connectivity index (χ2n) is 3.17. The Kier molecular flexibility index (Phi) is 2.60. The Morgan fingerprint density at radius 2 is 1.93 bits per heavy atom. The third-order valence-electron chi connectivity index (χ3n) is 2.20. The molecule has 0 atom stereocenters. The molecule has 0 amide bonds. The highest BCUT2D eigenvalue weighted by atomic mass is 32.1. The largest absolute Gasteiger partial charge is 0.497 e. The molecule has 0 saturated heterocycles. The lowest BCUT2D eigenvalue weighted by molar-refractivity contribution is 0.415. The molecule has 4 heteroatoms. The van der Waals surface area contributed by atoms with E-state index in [4.69, 9.17) is 4.74 Å². The van der Waals surface area contributed by atoms with Gasteiger partial charge in [-0.3, -0.25) is 4.79 Å². The van der Waals surface area contributed by atoms with Gasteiger partial charge in [0.05, 0.1) is 12.8 Å². The van der Waals surface area contributed by atoms with Crippen molar-refractivity contribution < 1.29 is 4.74 Å². The van der Waals surface area contributed by atoms with Crippen molar-refractivity contribution in [3.63, 3.8) is 0 Å². The van der Waals surface area contributed by atoms with Crippen LogP contribution in [0.4, 0.5) is 0 Å². The van der Waals surface area contributed by atoms with Crippen LogP contribution in [0.25, 0.3) is 11.3 Å². The van der Waals surface area contributed by atoms with Crippen LogP contribution in [0.1, 0.15) is 4.88 Å². The summed E-state index contributed by atoms with van der Waals surface area (Å²) in [4.78, 5) is 15.0. The smallest absolute Gasteiger partial charge is 0.305 e. The van der Waals surface area contributed by atoms with Gasteiger partial charge in [-0.1, -0.05) is 11.3 Å². The first-order valence-corrected chi connectivity index (χ1v) is 5.36. The summed E-state index contributed by atoms with van der Waals surface area (Å²) >= 11 is 1.23. The van der Waals surface area contributed by atoms with Crippen molar-refractivity contribution in [2.45, 2.75) is 6.92 Å². The standard InChI is InChI=1S/C11H11NO2S/c1-7-10(12-11(13)15-7)8-3-5-9(14-2)6-4-8/h3-6H,1-2H3,(H,12,13). The minimum Gasteiger partial charge on any atom is -0.497 e. The first kappa shape index (κ1) is 9.98. The minimum atomic E-state index is -0.0154. The summed E-state index contributed by atoms with van der Waals surface area (Å²) in [5, 5.41) is 0. The Morgan fingerprint density at radius 1 is 1.27 bits per heavy atom. The minimum absolute atomic E-state index is 0.0154. The van der Waals surface area contributed by atoms with E-state index in [1.165, 1.54) is 11.3 Å². The third-order valence-corrected chi connectivity index (χ3v) is 3.00. The SMILES string of the molecule is COc1ccc(-c2[nH]c(=O)sc2C)cc1. The number of H-pyrrole nitrogens is 1. The maximum absolute atomic E-state index is 11.1. The monoisotopic (exact) mass is 221 g/mol. The van der Waals surface area contributed by atoms with Crippen LogP contribution in [0.3, 0.4) is 0 Å². The fraction of sp³-hybridized carbons (Fsp3) is 0.182. The van der Waals surface area contributed by atoms with E-state index in [9.17, 15) is 4.79 Å². The van der Waals surface area contributed by atoms with E-state index in [2.05, 4.69) is 4.98 Å². The first-order valence-electron chi connectivity index (χ1n) is 4.55. The van der Waals surface area contributed by atoms with E-state index < -0.39 is 0 Å². The first-order chi connectivity index (χ1) is 7.20. The van der Waals surface area contributed by atoms with Crippen molar-refractivity contribution in [2.24, 2.45) is 0 Å². The van der Waals surface area contributed by atoms with Crippen molar-refractivity contribution in [1.29, 1.82) is 0 Å². The maximum Gasteiger partial charge on any atom is 0.305 e. The quantitative estimate of drug-likeness (QED) is 0.846. The number of aryl methyl sites for hydroxylation is 1. The third kappa shape index (κ3) is 1.94. The van der Waals surface area contributed by atoms with Gasteiger partial charge in [-0.2, -0.15) is 0 Å². The predicted molar refractivity (Wildman–Crippen MR) is 61.7 cm³/mol. The molecule has 78 valence electrons. The highest BCUT2D eigenvalue weighted by Crippen LogP contribution is 2.24. The Balaban J connectivity index is 2.45.